The van der Waals surface area contributed by atoms with E-state index in [1.54, 1.807) is 6.07 Å². The molecule has 0 spiro atoms. The van der Waals surface area contributed by atoms with Crippen LogP contribution in [0.5, 0.6) is 0 Å². The van der Waals surface area contributed by atoms with E-state index in [9.17, 15) is 4.79 Å². The van der Waals surface area contributed by atoms with Gasteiger partial charge in [-0.15, -0.1) is 0 Å². The first-order chi connectivity index (χ1) is 16.0. The first-order valence-electron chi connectivity index (χ1n) is 11.6. The maximum atomic E-state index is 13.3. The third-order valence-corrected chi connectivity index (χ3v) is 7.62. The van der Waals surface area contributed by atoms with Crippen molar-refractivity contribution in [3.63, 3.8) is 0 Å². The van der Waals surface area contributed by atoms with Crippen LogP contribution >= 0.6 is 34.8 Å². The van der Waals surface area contributed by atoms with Crippen LogP contribution in [0.3, 0.4) is 0 Å². The maximum absolute atomic E-state index is 13.3. The molecular formula is C26H26Cl3N3O. The molecule has 0 radical (unpaired) electrons. The Labute approximate surface area is 209 Å². The lowest BCUT2D eigenvalue weighted by atomic mass is 9.90. The molecule has 1 amide bonds. The standard InChI is InChI=1S/C26H26Cl3N3O/c27-18-10-8-16(9-11-18)14-17-4-1-2-7-21-24(26(33)30-20-5-3-6-20)31-32(25(17)21)23-13-12-19(28)15-22(23)29/h8-13,15,17,20H,1-7,14H2,(H,30,33). The van der Waals surface area contributed by atoms with Gasteiger partial charge < -0.3 is 5.32 Å². The van der Waals surface area contributed by atoms with E-state index in [-0.39, 0.29) is 17.9 Å². The number of aromatic nitrogens is 2. The molecule has 0 bridgehead atoms. The van der Waals surface area contributed by atoms with Crippen LogP contribution in [-0.2, 0) is 12.8 Å². The predicted octanol–water partition coefficient (Wildman–Crippen LogP) is 7.17. The molecule has 7 heteroatoms. The fourth-order valence-electron chi connectivity index (χ4n) is 4.89. The van der Waals surface area contributed by atoms with Crippen LogP contribution < -0.4 is 5.32 Å². The van der Waals surface area contributed by atoms with E-state index >= 15 is 0 Å². The van der Waals surface area contributed by atoms with Gasteiger partial charge in [0.05, 0.1) is 16.4 Å². The van der Waals surface area contributed by atoms with E-state index in [1.165, 1.54) is 12.0 Å². The third-order valence-electron chi connectivity index (χ3n) is 6.83. The zero-order valence-corrected chi connectivity index (χ0v) is 20.6. The Morgan fingerprint density at radius 2 is 1.73 bits per heavy atom. The topological polar surface area (TPSA) is 46.9 Å². The molecule has 1 N–H and O–H groups in total. The fraction of sp³-hybridized carbons (Fsp3) is 0.385. The summed E-state index contributed by atoms with van der Waals surface area (Å²) in [4.78, 5) is 13.3. The van der Waals surface area contributed by atoms with E-state index in [0.29, 0.717) is 15.7 Å². The highest BCUT2D eigenvalue weighted by molar-refractivity contribution is 6.35. The molecule has 4 nitrogen and oxygen atoms in total. The largest absolute Gasteiger partial charge is 0.348 e. The average Bonchev–Trinajstić information content (AvgIpc) is 3.01. The lowest BCUT2D eigenvalue weighted by Gasteiger charge is -2.26. The minimum atomic E-state index is -0.0769. The van der Waals surface area contributed by atoms with Crippen molar-refractivity contribution in [2.24, 2.45) is 0 Å². The summed E-state index contributed by atoms with van der Waals surface area (Å²) in [5.41, 5.74) is 4.64. The minimum Gasteiger partial charge on any atom is -0.348 e. The molecule has 1 aromatic heterocycles. The van der Waals surface area contributed by atoms with Gasteiger partial charge in [-0.05, 0) is 80.8 Å². The van der Waals surface area contributed by atoms with Crippen LogP contribution in [0, 0.1) is 0 Å². The monoisotopic (exact) mass is 501 g/mol. The number of halogens is 3. The number of hydrogen-bond acceptors (Lipinski definition) is 2. The number of rotatable bonds is 5. The predicted molar refractivity (Wildman–Crippen MR) is 134 cm³/mol. The number of amides is 1. The van der Waals surface area contributed by atoms with E-state index in [0.717, 1.165) is 66.9 Å². The summed E-state index contributed by atoms with van der Waals surface area (Å²) in [5, 5.41) is 9.87. The molecule has 1 heterocycles. The Balaban J connectivity index is 1.61. The molecule has 3 aromatic rings. The molecular weight excluding hydrogens is 477 g/mol. The fourth-order valence-corrected chi connectivity index (χ4v) is 5.50. The molecule has 33 heavy (non-hydrogen) atoms. The van der Waals surface area contributed by atoms with Crippen molar-refractivity contribution >= 4 is 40.7 Å². The van der Waals surface area contributed by atoms with Crippen LogP contribution in [-0.4, -0.2) is 21.7 Å². The highest BCUT2D eigenvalue weighted by atomic mass is 35.5. The van der Waals surface area contributed by atoms with Gasteiger partial charge in [-0.1, -0.05) is 53.4 Å². The van der Waals surface area contributed by atoms with Crippen molar-refractivity contribution in [3.8, 4) is 5.69 Å². The van der Waals surface area contributed by atoms with Crippen LogP contribution in [0.1, 0.15) is 71.8 Å². The molecule has 1 atom stereocenters. The van der Waals surface area contributed by atoms with E-state index in [4.69, 9.17) is 39.9 Å². The van der Waals surface area contributed by atoms with Crippen LogP contribution in [0.15, 0.2) is 42.5 Å². The summed E-state index contributed by atoms with van der Waals surface area (Å²) in [7, 11) is 0. The highest BCUT2D eigenvalue weighted by Gasteiger charge is 2.32. The smallest absolute Gasteiger partial charge is 0.272 e. The number of hydrogen-bond donors (Lipinski definition) is 1. The number of benzene rings is 2. The van der Waals surface area contributed by atoms with Gasteiger partial charge in [0, 0.05) is 27.6 Å². The molecule has 5 rings (SSSR count). The summed E-state index contributed by atoms with van der Waals surface area (Å²) in [6.45, 7) is 0. The zero-order valence-electron chi connectivity index (χ0n) is 18.3. The lowest BCUT2D eigenvalue weighted by Crippen LogP contribution is -2.40. The summed E-state index contributed by atoms with van der Waals surface area (Å²) >= 11 is 18.9. The molecule has 1 unspecified atom stereocenters. The van der Waals surface area contributed by atoms with Crippen molar-refractivity contribution in [1.82, 2.24) is 15.1 Å². The summed E-state index contributed by atoms with van der Waals surface area (Å²) in [6, 6.07) is 13.7. The van der Waals surface area contributed by atoms with Gasteiger partial charge in [0.15, 0.2) is 5.69 Å². The molecule has 0 saturated heterocycles. The van der Waals surface area contributed by atoms with Crippen LogP contribution in [0.4, 0.5) is 0 Å². The van der Waals surface area contributed by atoms with Gasteiger partial charge in [-0.3, -0.25) is 4.79 Å². The van der Waals surface area contributed by atoms with Crippen molar-refractivity contribution < 1.29 is 4.79 Å². The Morgan fingerprint density at radius 3 is 2.42 bits per heavy atom. The molecule has 2 aliphatic rings. The van der Waals surface area contributed by atoms with Gasteiger partial charge in [-0.25, -0.2) is 4.68 Å². The van der Waals surface area contributed by atoms with E-state index in [2.05, 4.69) is 17.4 Å². The lowest BCUT2D eigenvalue weighted by molar-refractivity contribution is 0.0910. The van der Waals surface area contributed by atoms with Gasteiger partial charge >= 0.3 is 0 Å². The molecule has 2 aliphatic carbocycles. The van der Waals surface area contributed by atoms with Crippen LogP contribution in [0.2, 0.25) is 15.1 Å². The Hall–Kier alpha value is -2.01. The highest BCUT2D eigenvalue weighted by Crippen LogP contribution is 2.38. The first kappa shape index (κ1) is 22.8. The second-order valence-corrected chi connectivity index (χ2v) is 10.4. The molecule has 1 saturated carbocycles. The maximum Gasteiger partial charge on any atom is 0.272 e. The molecule has 0 aliphatic heterocycles. The van der Waals surface area contributed by atoms with Crippen molar-refractivity contribution in [1.29, 1.82) is 0 Å². The van der Waals surface area contributed by atoms with Crippen molar-refractivity contribution in [2.75, 3.05) is 0 Å². The zero-order chi connectivity index (χ0) is 22.9. The average molecular weight is 503 g/mol. The van der Waals surface area contributed by atoms with Gasteiger partial charge in [0.1, 0.15) is 0 Å². The van der Waals surface area contributed by atoms with Crippen molar-refractivity contribution in [2.45, 2.75) is 63.3 Å². The minimum absolute atomic E-state index is 0.0769. The number of carbonyl (C=O) groups is 1. The number of carbonyl (C=O) groups excluding carboxylic acids is 1. The van der Waals surface area contributed by atoms with Gasteiger partial charge in [0.2, 0.25) is 0 Å². The second kappa shape index (κ2) is 9.69. The van der Waals surface area contributed by atoms with Gasteiger partial charge in [-0.2, -0.15) is 5.10 Å². The summed E-state index contributed by atoms with van der Waals surface area (Å²) in [5.74, 6) is 0.139. The Kier molecular flexibility index (Phi) is 6.69. The molecule has 2 aromatic carbocycles. The molecule has 1 fully saturated rings. The number of nitrogens with one attached hydrogen (secondary N) is 1. The third kappa shape index (κ3) is 4.80. The normalized spacial score (nSPS) is 18.3. The Morgan fingerprint density at radius 1 is 0.970 bits per heavy atom. The van der Waals surface area contributed by atoms with Gasteiger partial charge in [0.25, 0.3) is 5.91 Å². The van der Waals surface area contributed by atoms with Crippen LogP contribution in [0.25, 0.3) is 5.69 Å². The molecule has 172 valence electrons. The SMILES string of the molecule is O=C(NC1CCC1)c1nn(-c2ccc(Cl)cc2Cl)c2c1CCCCC2Cc1ccc(Cl)cc1. The summed E-state index contributed by atoms with van der Waals surface area (Å²) < 4.78 is 1.90. The summed E-state index contributed by atoms with van der Waals surface area (Å²) in [6.07, 6.45) is 8.10. The Bertz CT molecular complexity index is 1170. The van der Waals surface area contributed by atoms with E-state index in [1.807, 2.05) is 28.9 Å². The van der Waals surface area contributed by atoms with Crippen molar-refractivity contribution in [3.05, 3.63) is 80.0 Å². The van der Waals surface area contributed by atoms with E-state index < -0.39 is 0 Å². The quantitative estimate of drug-likeness (QED) is 0.376. The number of fused-ring (bicyclic) bond motifs is 1. The first-order valence-corrected chi connectivity index (χ1v) is 12.8. The second-order valence-electron chi connectivity index (χ2n) is 9.09. The number of nitrogens with zero attached hydrogens (tertiary/aromatic N) is 2.